The largest absolute Gasteiger partial charge is 0.493 e. The highest BCUT2D eigenvalue weighted by Crippen LogP contribution is 2.38. The van der Waals surface area contributed by atoms with Gasteiger partial charge in [-0.25, -0.2) is 9.69 Å². The Hall–Kier alpha value is -3.52. The predicted octanol–water partition coefficient (Wildman–Crippen LogP) is 6.52. The third-order valence-corrected chi connectivity index (χ3v) is 6.66. The van der Waals surface area contributed by atoms with Gasteiger partial charge in [-0.2, -0.15) is 0 Å². The van der Waals surface area contributed by atoms with Crippen molar-refractivity contribution in [3.8, 4) is 11.5 Å². The fourth-order valence-corrected chi connectivity index (χ4v) is 4.35. The molecule has 190 valence electrons. The van der Waals surface area contributed by atoms with E-state index in [1.807, 2.05) is 13.0 Å². The minimum Gasteiger partial charge on any atom is -0.493 e. The highest BCUT2D eigenvalue weighted by molar-refractivity contribution is 6.42. The maximum atomic E-state index is 13.3. The van der Waals surface area contributed by atoms with Crippen LogP contribution in [0.15, 0.2) is 54.1 Å². The number of anilines is 1. The summed E-state index contributed by atoms with van der Waals surface area (Å²) in [6, 6.07) is 12.8. The van der Waals surface area contributed by atoms with Gasteiger partial charge in [0.2, 0.25) is 0 Å². The predicted molar refractivity (Wildman–Crippen MR) is 144 cm³/mol. The Morgan fingerprint density at radius 1 is 0.919 bits per heavy atom. The lowest BCUT2D eigenvalue weighted by Gasteiger charge is -2.27. The summed E-state index contributed by atoms with van der Waals surface area (Å²) in [7, 11) is 1.44. The Morgan fingerprint density at radius 3 is 2.38 bits per heavy atom. The fourth-order valence-electron chi connectivity index (χ4n) is 3.75. The second-order valence-corrected chi connectivity index (χ2v) is 9.54. The molecule has 0 radical (unpaired) electrons. The van der Waals surface area contributed by atoms with Crippen LogP contribution in [0, 0.1) is 13.8 Å². The summed E-state index contributed by atoms with van der Waals surface area (Å²) in [5, 5.41) is 3.24. The van der Waals surface area contributed by atoms with Crippen molar-refractivity contribution in [1.29, 1.82) is 0 Å². The zero-order chi connectivity index (χ0) is 26.9. The number of nitrogens with zero attached hydrogens (tertiary/aromatic N) is 1. The number of halogens is 3. The monoisotopic (exact) mass is 558 g/mol. The number of carbonyl (C=O) groups is 3. The number of urea groups is 1. The third kappa shape index (κ3) is 5.59. The molecule has 1 saturated heterocycles. The summed E-state index contributed by atoms with van der Waals surface area (Å²) in [4.78, 5) is 39.4. The first-order valence-corrected chi connectivity index (χ1v) is 12.2. The van der Waals surface area contributed by atoms with Crippen LogP contribution >= 0.6 is 34.8 Å². The minimum absolute atomic E-state index is 0.140. The second-order valence-electron chi connectivity index (χ2n) is 8.32. The van der Waals surface area contributed by atoms with Crippen molar-refractivity contribution in [2.45, 2.75) is 20.5 Å². The molecule has 1 heterocycles. The number of barbiturate groups is 1. The maximum absolute atomic E-state index is 13.3. The van der Waals surface area contributed by atoms with Gasteiger partial charge in [-0.05, 0) is 72.5 Å². The summed E-state index contributed by atoms with van der Waals surface area (Å²) in [5.41, 5.74) is 2.88. The topological polar surface area (TPSA) is 84.9 Å². The average molecular weight is 560 g/mol. The Kier molecular flexibility index (Phi) is 7.78. The van der Waals surface area contributed by atoms with Crippen molar-refractivity contribution in [1.82, 2.24) is 5.32 Å². The van der Waals surface area contributed by atoms with E-state index in [0.29, 0.717) is 26.9 Å². The molecule has 0 unspecified atom stereocenters. The Balaban J connectivity index is 1.65. The van der Waals surface area contributed by atoms with Gasteiger partial charge in [-0.15, -0.1) is 0 Å². The van der Waals surface area contributed by atoms with Crippen molar-refractivity contribution >= 4 is 64.4 Å². The van der Waals surface area contributed by atoms with Crippen molar-refractivity contribution in [3.63, 3.8) is 0 Å². The van der Waals surface area contributed by atoms with E-state index in [-0.39, 0.29) is 28.7 Å². The first kappa shape index (κ1) is 26.5. The third-order valence-electron chi connectivity index (χ3n) is 5.64. The van der Waals surface area contributed by atoms with Crippen LogP contribution in [0.4, 0.5) is 10.5 Å². The van der Waals surface area contributed by atoms with E-state index in [9.17, 15) is 14.4 Å². The quantitative estimate of drug-likeness (QED) is 0.275. The van der Waals surface area contributed by atoms with Crippen molar-refractivity contribution < 1.29 is 23.9 Å². The molecule has 4 amide bonds. The first-order valence-electron chi connectivity index (χ1n) is 11.0. The van der Waals surface area contributed by atoms with Crippen LogP contribution in [-0.4, -0.2) is 25.0 Å². The highest BCUT2D eigenvalue weighted by Gasteiger charge is 2.37. The average Bonchev–Trinajstić information content (AvgIpc) is 2.84. The normalized spacial score (nSPS) is 14.7. The molecule has 1 fully saturated rings. The molecule has 4 rings (SSSR count). The van der Waals surface area contributed by atoms with Crippen molar-refractivity contribution in [2.75, 3.05) is 12.0 Å². The molecule has 0 bridgehead atoms. The van der Waals surface area contributed by atoms with Gasteiger partial charge in [0.25, 0.3) is 11.8 Å². The number of hydrogen-bond donors (Lipinski definition) is 1. The lowest BCUT2D eigenvalue weighted by atomic mass is 10.0. The van der Waals surface area contributed by atoms with E-state index in [1.54, 1.807) is 43.3 Å². The summed E-state index contributed by atoms with van der Waals surface area (Å²) < 4.78 is 11.3. The SMILES string of the molecule is COc1cc(/C=C2\C(=O)NC(=O)N(c3cc(C)ccc3C)C2=O)cc(Cl)c1OCc1ccc(Cl)c(Cl)c1. The van der Waals surface area contributed by atoms with Gasteiger partial charge >= 0.3 is 6.03 Å². The highest BCUT2D eigenvalue weighted by atomic mass is 35.5. The number of nitrogens with one attached hydrogen (secondary N) is 1. The molecule has 1 aliphatic rings. The van der Waals surface area contributed by atoms with Crippen LogP contribution in [0.3, 0.4) is 0 Å². The van der Waals surface area contributed by atoms with Crippen LogP contribution in [0.2, 0.25) is 15.1 Å². The van der Waals surface area contributed by atoms with Crippen molar-refractivity contribution in [2.24, 2.45) is 0 Å². The minimum atomic E-state index is -0.817. The van der Waals surface area contributed by atoms with Gasteiger partial charge in [0.1, 0.15) is 12.2 Å². The van der Waals surface area contributed by atoms with Gasteiger partial charge < -0.3 is 9.47 Å². The Bertz CT molecular complexity index is 1470. The molecule has 1 aliphatic heterocycles. The van der Waals surface area contributed by atoms with Crippen LogP contribution < -0.4 is 19.7 Å². The van der Waals surface area contributed by atoms with Gasteiger partial charge in [-0.1, -0.05) is 53.0 Å². The molecule has 3 aromatic carbocycles. The molecule has 0 spiro atoms. The Labute approximate surface area is 228 Å². The number of hydrogen-bond acceptors (Lipinski definition) is 5. The van der Waals surface area contributed by atoms with Gasteiger partial charge in [0, 0.05) is 0 Å². The lowest BCUT2D eigenvalue weighted by molar-refractivity contribution is -0.122. The summed E-state index contributed by atoms with van der Waals surface area (Å²) >= 11 is 18.5. The molecule has 0 aromatic heterocycles. The molecule has 0 atom stereocenters. The molecule has 7 nitrogen and oxygen atoms in total. The zero-order valence-corrected chi connectivity index (χ0v) is 22.3. The van der Waals surface area contributed by atoms with Gasteiger partial charge in [0.15, 0.2) is 11.5 Å². The van der Waals surface area contributed by atoms with E-state index in [1.165, 1.54) is 19.3 Å². The van der Waals surface area contributed by atoms with Crippen molar-refractivity contribution in [3.05, 3.63) is 91.4 Å². The standard InChI is InChI=1S/C27H21Cl3N2O5/c1-14-4-5-15(2)22(8-14)32-26(34)18(25(33)31-27(32)35)9-17-11-21(30)24(23(12-17)36-3)37-13-16-6-7-19(28)20(29)10-16/h4-12H,13H2,1-3H3,(H,31,33,35)/b18-9+. The van der Waals surface area contributed by atoms with Gasteiger partial charge in [-0.3, -0.25) is 14.9 Å². The number of amides is 4. The molecule has 1 N–H and O–H groups in total. The van der Waals surface area contributed by atoms with E-state index in [4.69, 9.17) is 44.3 Å². The molecular formula is C27H21Cl3N2O5. The summed E-state index contributed by atoms with van der Waals surface area (Å²) in [5.74, 6) is -1.02. The molecule has 37 heavy (non-hydrogen) atoms. The van der Waals surface area contributed by atoms with Gasteiger partial charge in [0.05, 0.1) is 27.9 Å². The smallest absolute Gasteiger partial charge is 0.335 e. The van der Waals surface area contributed by atoms with Crippen LogP contribution in [0.1, 0.15) is 22.3 Å². The number of ether oxygens (including phenoxy) is 2. The molecule has 0 aliphatic carbocycles. The summed E-state index contributed by atoms with van der Waals surface area (Å²) in [6.07, 6.45) is 1.35. The van der Waals surface area contributed by atoms with E-state index in [2.05, 4.69) is 5.32 Å². The van der Waals surface area contributed by atoms with Crippen LogP contribution in [0.5, 0.6) is 11.5 Å². The first-order chi connectivity index (χ1) is 17.6. The number of methoxy groups -OCH3 is 1. The fraction of sp³-hybridized carbons (Fsp3) is 0.148. The molecular weight excluding hydrogens is 539 g/mol. The molecule has 0 saturated carbocycles. The molecule has 10 heteroatoms. The van der Waals surface area contributed by atoms with E-state index >= 15 is 0 Å². The zero-order valence-electron chi connectivity index (χ0n) is 20.0. The maximum Gasteiger partial charge on any atom is 0.335 e. The summed E-state index contributed by atoms with van der Waals surface area (Å²) in [6.45, 7) is 3.76. The van der Waals surface area contributed by atoms with Crippen LogP contribution in [-0.2, 0) is 16.2 Å². The second kappa shape index (κ2) is 10.8. The number of carbonyl (C=O) groups excluding carboxylic acids is 3. The number of imide groups is 2. The number of rotatable bonds is 6. The Morgan fingerprint density at radius 2 is 1.68 bits per heavy atom. The number of aryl methyl sites for hydroxylation is 2. The number of benzene rings is 3. The van der Waals surface area contributed by atoms with E-state index in [0.717, 1.165) is 16.0 Å². The molecule has 3 aromatic rings. The van der Waals surface area contributed by atoms with Crippen LogP contribution in [0.25, 0.3) is 6.08 Å². The lowest BCUT2D eigenvalue weighted by Crippen LogP contribution is -2.54. The van der Waals surface area contributed by atoms with E-state index < -0.39 is 17.8 Å².